The van der Waals surface area contributed by atoms with Crippen LogP contribution in [0.5, 0.6) is 0 Å². The second kappa shape index (κ2) is 8.44. The molecule has 1 aliphatic heterocycles. The average Bonchev–Trinajstić information content (AvgIpc) is 3.21. The summed E-state index contributed by atoms with van der Waals surface area (Å²) >= 11 is 3.22. The van der Waals surface area contributed by atoms with Gasteiger partial charge in [-0.1, -0.05) is 41.3 Å². The van der Waals surface area contributed by atoms with E-state index in [-0.39, 0.29) is 11.8 Å². The standard InChI is InChI=1S/C17H20N4O2S2/c1-12-19-20-17(25-12)24-11-5-9-18-15(22)14-8-10-21(16(14)23)13-6-3-2-4-7-13/h2-4,6-7,14H,5,8-11H2,1H3,(H,18,22). The third kappa shape index (κ3) is 4.58. The molecule has 6 nitrogen and oxygen atoms in total. The molecule has 1 fully saturated rings. The fourth-order valence-electron chi connectivity index (χ4n) is 2.69. The van der Waals surface area contributed by atoms with E-state index in [9.17, 15) is 9.59 Å². The Kier molecular flexibility index (Phi) is 6.04. The Morgan fingerprint density at radius 2 is 2.16 bits per heavy atom. The number of aryl methyl sites for hydroxylation is 1. The maximum absolute atomic E-state index is 12.5. The summed E-state index contributed by atoms with van der Waals surface area (Å²) in [6.07, 6.45) is 1.40. The van der Waals surface area contributed by atoms with E-state index < -0.39 is 5.92 Å². The predicted octanol–water partition coefficient (Wildman–Crippen LogP) is 2.50. The highest BCUT2D eigenvalue weighted by molar-refractivity contribution is 8.01. The Balaban J connectivity index is 1.40. The fourth-order valence-corrected chi connectivity index (χ4v) is 4.52. The molecule has 1 aliphatic rings. The third-order valence-electron chi connectivity index (χ3n) is 3.94. The van der Waals surface area contributed by atoms with Crippen molar-refractivity contribution in [1.82, 2.24) is 15.5 Å². The van der Waals surface area contributed by atoms with E-state index in [0.717, 1.165) is 27.2 Å². The lowest BCUT2D eigenvalue weighted by Crippen LogP contribution is -2.37. The van der Waals surface area contributed by atoms with E-state index in [1.165, 1.54) is 0 Å². The Hall–Kier alpha value is -1.93. The smallest absolute Gasteiger partial charge is 0.239 e. The molecule has 3 rings (SSSR count). The van der Waals surface area contributed by atoms with Gasteiger partial charge in [0.05, 0.1) is 0 Å². The summed E-state index contributed by atoms with van der Waals surface area (Å²) in [5.74, 6) is 0.0187. The second-order valence-electron chi connectivity index (χ2n) is 5.75. The van der Waals surface area contributed by atoms with Crippen molar-refractivity contribution in [2.24, 2.45) is 5.92 Å². The van der Waals surface area contributed by atoms with Gasteiger partial charge in [0.2, 0.25) is 11.8 Å². The number of para-hydroxylation sites is 1. The van der Waals surface area contributed by atoms with Crippen LogP contribution in [0, 0.1) is 12.8 Å². The zero-order valence-corrected chi connectivity index (χ0v) is 15.6. The van der Waals surface area contributed by atoms with Crippen LogP contribution in [0.1, 0.15) is 17.8 Å². The molecule has 0 bridgehead atoms. The Morgan fingerprint density at radius 1 is 1.36 bits per heavy atom. The number of benzene rings is 1. The van der Waals surface area contributed by atoms with Gasteiger partial charge in [0.25, 0.3) is 0 Å². The Morgan fingerprint density at radius 3 is 2.88 bits per heavy atom. The highest BCUT2D eigenvalue weighted by Crippen LogP contribution is 2.25. The minimum absolute atomic E-state index is 0.109. The van der Waals surface area contributed by atoms with E-state index >= 15 is 0 Å². The molecule has 0 saturated carbocycles. The van der Waals surface area contributed by atoms with Gasteiger partial charge in [0, 0.05) is 24.5 Å². The third-order valence-corrected chi connectivity index (χ3v) is 6.00. The Labute approximate surface area is 155 Å². The highest BCUT2D eigenvalue weighted by Gasteiger charge is 2.37. The number of carbonyl (C=O) groups excluding carboxylic acids is 2. The molecule has 1 N–H and O–H groups in total. The average molecular weight is 377 g/mol. The number of thioether (sulfide) groups is 1. The first-order chi connectivity index (χ1) is 12.1. The van der Waals surface area contributed by atoms with Gasteiger partial charge in [-0.25, -0.2) is 0 Å². The van der Waals surface area contributed by atoms with Crippen LogP contribution in [0.4, 0.5) is 5.69 Å². The van der Waals surface area contributed by atoms with Crippen molar-refractivity contribution < 1.29 is 9.59 Å². The zero-order chi connectivity index (χ0) is 17.6. The number of hydrogen-bond donors (Lipinski definition) is 1. The van der Waals surface area contributed by atoms with Gasteiger partial charge >= 0.3 is 0 Å². The van der Waals surface area contributed by atoms with Gasteiger partial charge in [-0.15, -0.1) is 10.2 Å². The largest absolute Gasteiger partial charge is 0.355 e. The van der Waals surface area contributed by atoms with Crippen LogP contribution in [0.2, 0.25) is 0 Å². The number of rotatable bonds is 7. The SMILES string of the molecule is Cc1nnc(SCCCNC(=O)C2CCN(c3ccccc3)C2=O)s1. The summed E-state index contributed by atoms with van der Waals surface area (Å²) in [5.41, 5.74) is 0.853. The minimum atomic E-state index is -0.571. The molecule has 0 radical (unpaired) electrons. The maximum Gasteiger partial charge on any atom is 0.239 e. The van der Waals surface area contributed by atoms with Crippen LogP contribution < -0.4 is 10.2 Å². The van der Waals surface area contributed by atoms with Crippen molar-refractivity contribution in [3.05, 3.63) is 35.3 Å². The molecular weight excluding hydrogens is 356 g/mol. The van der Waals surface area contributed by atoms with E-state index in [1.54, 1.807) is 28.0 Å². The zero-order valence-electron chi connectivity index (χ0n) is 14.0. The van der Waals surface area contributed by atoms with E-state index in [1.807, 2.05) is 37.3 Å². The second-order valence-corrected chi connectivity index (χ2v) is 8.27. The lowest BCUT2D eigenvalue weighted by Gasteiger charge is -2.16. The van der Waals surface area contributed by atoms with Crippen molar-refractivity contribution in [1.29, 1.82) is 0 Å². The minimum Gasteiger partial charge on any atom is -0.355 e. The molecule has 1 saturated heterocycles. The summed E-state index contributed by atoms with van der Waals surface area (Å²) < 4.78 is 0.952. The van der Waals surface area contributed by atoms with Gasteiger partial charge in [-0.05, 0) is 31.9 Å². The van der Waals surface area contributed by atoms with Crippen LogP contribution in [0.25, 0.3) is 0 Å². The van der Waals surface area contributed by atoms with Crippen LogP contribution in [-0.2, 0) is 9.59 Å². The molecular formula is C17H20N4O2S2. The quantitative estimate of drug-likeness (QED) is 0.456. The number of anilines is 1. The van der Waals surface area contributed by atoms with Gasteiger partial charge in [-0.2, -0.15) is 0 Å². The molecule has 2 aromatic rings. The molecule has 1 aromatic carbocycles. The van der Waals surface area contributed by atoms with Crippen LogP contribution >= 0.6 is 23.1 Å². The molecule has 0 spiro atoms. The topological polar surface area (TPSA) is 75.2 Å². The van der Waals surface area contributed by atoms with Gasteiger partial charge in [0.1, 0.15) is 10.9 Å². The first kappa shape index (κ1) is 17.9. The van der Waals surface area contributed by atoms with Gasteiger partial charge in [0.15, 0.2) is 4.34 Å². The first-order valence-corrected chi connectivity index (χ1v) is 10.0. The number of nitrogens with one attached hydrogen (secondary N) is 1. The van der Waals surface area contributed by atoms with Crippen molar-refractivity contribution >= 4 is 40.6 Å². The summed E-state index contributed by atoms with van der Waals surface area (Å²) in [6.45, 7) is 3.09. The summed E-state index contributed by atoms with van der Waals surface area (Å²) in [7, 11) is 0. The molecule has 1 atom stereocenters. The van der Waals surface area contributed by atoms with E-state index in [4.69, 9.17) is 0 Å². The van der Waals surface area contributed by atoms with Crippen molar-refractivity contribution in [3.8, 4) is 0 Å². The maximum atomic E-state index is 12.5. The first-order valence-electron chi connectivity index (χ1n) is 8.22. The van der Waals surface area contributed by atoms with Crippen molar-refractivity contribution in [2.75, 3.05) is 23.7 Å². The van der Waals surface area contributed by atoms with Gasteiger partial charge in [-0.3, -0.25) is 9.59 Å². The summed E-state index contributed by atoms with van der Waals surface area (Å²) in [6, 6.07) is 9.49. The monoisotopic (exact) mass is 376 g/mol. The number of aromatic nitrogens is 2. The van der Waals surface area contributed by atoms with Crippen molar-refractivity contribution in [3.63, 3.8) is 0 Å². The van der Waals surface area contributed by atoms with Crippen LogP contribution in [0.15, 0.2) is 34.7 Å². The lowest BCUT2D eigenvalue weighted by molar-refractivity contribution is -0.132. The normalized spacial score (nSPS) is 17.1. The fraction of sp³-hybridized carbons (Fsp3) is 0.412. The van der Waals surface area contributed by atoms with E-state index in [0.29, 0.717) is 19.5 Å². The predicted molar refractivity (Wildman–Crippen MR) is 99.9 cm³/mol. The molecule has 2 amide bonds. The molecule has 1 aromatic heterocycles. The molecule has 2 heterocycles. The van der Waals surface area contributed by atoms with Crippen LogP contribution in [-0.4, -0.2) is 40.9 Å². The summed E-state index contributed by atoms with van der Waals surface area (Å²) in [4.78, 5) is 26.4. The molecule has 1 unspecified atom stereocenters. The Bertz CT molecular complexity index is 735. The lowest BCUT2D eigenvalue weighted by atomic mass is 10.1. The van der Waals surface area contributed by atoms with Crippen LogP contribution in [0.3, 0.4) is 0 Å². The summed E-state index contributed by atoms with van der Waals surface area (Å²) in [5, 5.41) is 11.9. The van der Waals surface area contributed by atoms with Gasteiger partial charge < -0.3 is 10.2 Å². The van der Waals surface area contributed by atoms with Crippen molar-refractivity contribution in [2.45, 2.75) is 24.1 Å². The number of amides is 2. The molecule has 0 aliphatic carbocycles. The number of nitrogens with zero attached hydrogens (tertiary/aromatic N) is 3. The highest BCUT2D eigenvalue weighted by atomic mass is 32.2. The molecule has 132 valence electrons. The van der Waals surface area contributed by atoms with E-state index in [2.05, 4.69) is 15.5 Å². The number of carbonyl (C=O) groups is 2. The molecule has 8 heteroatoms. The molecule has 25 heavy (non-hydrogen) atoms. The number of hydrogen-bond acceptors (Lipinski definition) is 6.